The highest BCUT2D eigenvalue weighted by atomic mass is 32.2. The maximum Gasteiger partial charge on any atom is 0.132 e. The summed E-state index contributed by atoms with van der Waals surface area (Å²) in [5.74, 6) is 0.810. The van der Waals surface area contributed by atoms with E-state index in [0.717, 1.165) is 21.4 Å². The van der Waals surface area contributed by atoms with Crippen LogP contribution in [-0.4, -0.2) is 12.1 Å². The standard InChI is InChI=1S/C14H12N2OS/c1-10-7-11(9-15)8-14(16-10)18-13-6-4-3-5-12(13)17-2/h3-8H,1-2H3. The molecule has 3 nitrogen and oxygen atoms in total. The fourth-order valence-corrected chi connectivity index (χ4v) is 2.57. The van der Waals surface area contributed by atoms with Gasteiger partial charge < -0.3 is 4.74 Å². The molecule has 0 saturated carbocycles. The number of hydrogen-bond donors (Lipinski definition) is 0. The summed E-state index contributed by atoms with van der Waals surface area (Å²) in [6.07, 6.45) is 0. The number of rotatable bonds is 3. The van der Waals surface area contributed by atoms with E-state index in [1.54, 1.807) is 19.2 Å². The molecule has 2 rings (SSSR count). The Kier molecular flexibility index (Phi) is 3.85. The smallest absolute Gasteiger partial charge is 0.132 e. The minimum absolute atomic E-state index is 0.625. The lowest BCUT2D eigenvalue weighted by Gasteiger charge is -2.07. The van der Waals surface area contributed by atoms with E-state index >= 15 is 0 Å². The molecule has 0 bridgehead atoms. The molecule has 0 fully saturated rings. The second kappa shape index (κ2) is 5.56. The monoisotopic (exact) mass is 256 g/mol. The van der Waals surface area contributed by atoms with E-state index in [1.165, 1.54) is 11.8 Å². The van der Waals surface area contributed by atoms with Crippen LogP contribution in [0.2, 0.25) is 0 Å². The van der Waals surface area contributed by atoms with Gasteiger partial charge in [-0.05, 0) is 31.2 Å². The highest BCUT2D eigenvalue weighted by molar-refractivity contribution is 7.99. The van der Waals surface area contributed by atoms with Crippen LogP contribution < -0.4 is 4.74 Å². The van der Waals surface area contributed by atoms with Gasteiger partial charge in [0.05, 0.1) is 23.6 Å². The molecule has 1 aromatic heterocycles. The first-order valence-corrected chi connectivity index (χ1v) is 6.24. The predicted octanol–water partition coefficient (Wildman–Crippen LogP) is 3.42. The molecule has 4 heteroatoms. The molecule has 0 atom stereocenters. The number of aryl methyl sites for hydroxylation is 1. The molecule has 1 aromatic carbocycles. The second-order valence-corrected chi connectivity index (χ2v) is 4.76. The third-order valence-electron chi connectivity index (χ3n) is 2.34. The molecule has 18 heavy (non-hydrogen) atoms. The Morgan fingerprint density at radius 3 is 2.78 bits per heavy atom. The zero-order valence-electron chi connectivity index (χ0n) is 10.2. The third kappa shape index (κ3) is 2.82. The summed E-state index contributed by atoms with van der Waals surface area (Å²) in [5.41, 5.74) is 1.46. The molecule has 90 valence electrons. The van der Waals surface area contributed by atoms with Gasteiger partial charge in [0.15, 0.2) is 0 Å². The molecule has 0 aliphatic carbocycles. The number of pyridine rings is 1. The lowest BCUT2D eigenvalue weighted by molar-refractivity contribution is 0.405. The van der Waals surface area contributed by atoms with Crippen LogP contribution in [0.15, 0.2) is 46.3 Å². The maximum atomic E-state index is 8.94. The molecule has 0 aliphatic heterocycles. The zero-order valence-corrected chi connectivity index (χ0v) is 11.0. The quantitative estimate of drug-likeness (QED) is 0.844. The van der Waals surface area contributed by atoms with Crippen molar-refractivity contribution in [2.24, 2.45) is 0 Å². The van der Waals surface area contributed by atoms with Gasteiger partial charge in [0, 0.05) is 5.69 Å². The van der Waals surface area contributed by atoms with Crippen LogP contribution in [0.4, 0.5) is 0 Å². The van der Waals surface area contributed by atoms with Crippen LogP contribution in [0, 0.1) is 18.3 Å². The first-order chi connectivity index (χ1) is 8.72. The molecule has 0 unspecified atom stereocenters. The first-order valence-electron chi connectivity index (χ1n) is 5.42. The van der Waals surface area contributed by atoms with Gasteiger partial charge >= 0.3 is 0 Å². The van der Waals surface area contributed by atoms with Crippen LogP contribution in [0.5, 0.6) is 5.75 Å². The molecule has 0 N–H and O–H groups in total. The Morgan fingerprint density at radius 1 is 1.28 bits per heavy atom. The van der Waals surface area contributed by atoms with Crippen LogP contribution in [0.25, 0.3) is 0 Å². The number of hydrogen-bond acceptors (Lipinski definition) is 4. The van der Waals surface area contributed by atoms with Crippen molar-refractivity contribution >= 4 is 11.8 Å². The summed E-state index contributed by atoms with van der Waals surface area (Å²) >= 11 is 1.50. The number of nitriles is 1. The van der Waals surface area contributed by atoms with Crippen LogP contribution in [0.1, 0.15) is 11.3 Å². The molecular weight excluding hydrogens is 244 g/mol. The molecule has 0 aliphatic rings. The average Bonchev–Trinajstić information content (AvgIpc) is 2.38. The van der Waals surface area contributed by atoms with Gasteiger partial charge in [0.2, 0.25) is 0 Å². The number of aromatic nitrogens is 1. The highest BCUT2D eigenvalue weighted by Crippen LogP contribution is 2.33. The Balaban J connectivity index is 2.34. The van der Waals surface area contributed by atoms with Crippen molar-refractivity contribution in [2.75, 3.05) is 7.11 Å². The number of ether oxygens (including phenoxy) is 1. The summed E-state index contributed by atoms with van der Waals surface area (Å²) in [4.78, 5) is 5.40. The summed E-state index contributed by atoms with van der Waals surface area (Å²) in [7, 11) is 1.64. The van der Waals surface area contributed by atoms with Crippen LogP contribution in [0.3, 0.4) is 0 Å². The van der Waals surface area contributed by atoms with Crippen LogP contribution in [-0.2, 0) is 0 Å². The minimum atomic E-state index is 0.625. The van der Waals surface area contributed by atoms with Crippen molar-refractivity contribution in [2.45, 2.75) is 16.8 Å². The van der Waals surface area contributed by atoms with Crippen molar-refractivity contribution in [1.82, 2.24) is 4.98 Å². The lowest BCUT2D eigenvalue weighted by atomic mass is 10.2. The molecular formula is C14H12N2OS. The third-order valence-corrected chi connectivity index (χ3v) is 3.32. The normalized spacial score (nSPS) is 9.83. The highest BCUT2D eigenvalue weighted by Gasteiger charge is 2.06. The van der Waals surface area contributed by atoms with E-state index in [2.05, 4.69) is 11.1 Å². The molecule has 1 heterocycles. The van der Waals surface area contributed by atoms with Gasteiger partial charge in [-0.15, -0.1) is 0 Å². The van der Waals surface area contributed by atoms with E-state index in [0.29, 0.717) is 5.56 Å². The van der Waals surface area contributed by atoms with Crippen LogP contribution >= 0.6 is 11.8 Å². The maximum absolute atomic E-state index is 8.94. The first kappa shape index (κ1) is 12.5. The van der Waals surface area contributed by atoms with Crippen molar-refractivity contribution < 1.29 is 4.74 Å². The zero-order chi connectivity index (χ0) is 13.0. The van der Waals surface area contributed by atoms with Gasteiger partial charge in [0.1, 0.15) is 10.8 Å². The Bertz CT molecular complexity index is 605. The van der Waals surface area contributed by atoms with Crippen molar-refractivity contribution in [3.63, 3.8) is 0 Å². The number of nitrogens with zero attached hydrogens (tertiary/aromatic N) is 2. The van der Waals surface area contributed by atoms with E-state index in [-0.39, 0.29) is 0 Å². The minimum Gasteiger partial charge on any atom is -0.496 e. The molecule has 0 radical (unpaired) electrons. The van der Waals surface area contributed by atoms with Gasteiger partial charge in [-0.2, -0.15) is 5.26 Å². The molecule has 0 amide bonds. The average molecular weight is 256 g/mol. The van der Waals surface area contributed by atoms with Crippen molar-refractivity contribution in [1.29, 1.82) is 5.26 Å². The summed E-state index contributed by atoms with van der Waals surface area (Å²) in [6.45, 7) is 1.88. The summed E-state index contributed by atoms with van der Waals surface area (Å²) in [5, 5.41) is 9.74. The second-order valence-electron chi connectivity index (χ2n) is 3.70. The summed E-state index contributed by atoms with van der Waals surface area (Å²) in [6, 6.07) is 13.4. The van der Waals surface area contributed by atoms with E-state index in [1.807, 2.05) is 31.2 Å². The molecule has 0 spiro atoms. The Morgan fingerprint density at radius 2 is 2.06 bits per heavy atom. The molecule has 0 saturated heterocycles. The Hall–Kier alpha value is -1.99. The predicted molar refractivity (Wildman–Crippen MR) is 70.8 cm³/mol. The van der Waals surface area contributed by atoms with Gasteiger partial charge in [0.25, 0.3) is 0 Å². The topological polar surface area (TPSA) is 45.9 Å². The largest absolute Gasteiger partial charge is 0.496 e. The molecule has 2 aromatic rings. The number of methoxy groups -OCH3 is 1. The van der Waals surface area contributed by atoms with E-state index < -0.39 is 0 Å². The van der Waals surface area contributed by atoms with Gasteiger partial charge in [-0.25, -0.2) is 4.98 Å². The van der Waals surface area contributed by atoms with Gasteiger partial charge in [-0.1, -0.05) is 23.9 Å². The fraction of sp³-hybridized carbons (Fsp3) is 0.143. The van der Waals surface area contributed by atoms with E-state index in [4.69, 9.17) is 10.00 Å². The Labute approximate surface area is 110 Å². The lowest BCUT2D eigenvalue weighted by Crippen LogP contribution is -1.89. The van der Waals surface area contributed by atoms with Gasteiger partial charge in [-0.3, -0.25) is 0 Å². The fourth-order valence-electron chi connectivity index (χ4n) is 1.57. The van der Waals surface area contributed by atoms with E-state index in [9.17, 15) is 0 Å². The summed E-state index contributed by atoms with van der Waals surface area (Å²) < 4.78 is 5.29. The number of benzene rings is 1. The number of para-hydroxylation sites is 1. The van der Waals surface area contributed by atoms with Crippen molar-refractivity contribution in [3.05, 3.63) is 47.7 Å². The van der Waals surface area contributed by atoms with Crippen molar-refractivity contribution in [3.8, 4) is 11.8 Å². The SMILES string of the molecule is COc1ccccc1Sc1cc(C#N)cc(C)n1.